The van der Waals surface area contributed by atoms with Gasteiger partial charge in [-0.05, 0) is 37.6 Å². The van der Waals surface area contributed by atoms with E-state index in [1.54, 1.807) is 30.3 Å². The first-order valence-corrected chi connectivity index (χ1v) is 8.57. The minimum absolute atomic E-state index is 0.270. The molecule has 26 heavy (non-hydrogen) atoms. The van der Waals surface area contributed by atoms with Crippen molar-refractivity contribution < 1.29 is 14.3 Å². The summed E-state index contributed by atoms with van der Waals surface area (Å²) in [5.74, 6) is 0.0694. The summed E-state index contributed by atoms with van der Waals surface area (Å²) in [6.07, 6.45) is 1.45. The Labute approximate surface area is 154 Å². The molecule has 0 radical (unpaired) electrons. The van der Waals surface area contributed by atoms with Gasteiger partial charge in [-0.25, -0.2) is 0 Å². The maximum absolute atomic E-state index is 12.6. The number of benzene rings is 2. The highest BCUT2D eigenvalue weighted by Gasteiger charge is 2.20. The molecule has 1 atom stereocenters. The minimum atomic E-state index is -0.651. The smallest absolute Gasteiger partial charge is 0.265 e. The van der Waals surface area contributed by atoms with Gasteiger partial charge in [-0.2, -0.15) is 0 Å². The van der Waals surface area contributed by atoms with Crippen LogP contribution in [0.3, 0.4) is 0 Å². The molecule has 0 aromatic heterocycles. The van der Waals surface area contributed by atoms with Gasteiger partial charge in [0.05, 0.1) is 11.3 Å². The molecule has 2 N–H and O–H groups in total. The van der Waals surface area contributed by atoms with E-state index < -0.39 is 6.10 Å². The monoisotopic (exact) mass is 352 g/mol. The van der Waals surface area contributed by atoms with E-state index >= 15 is 0 Å². The summed E-state index contributed by atoms with van der Waals surface area (Å²) >= 11 is 0. The Balaban J connectivity index is 2.11. The first-order chi connectivity index (χ1) is 12.5. The average molecular weight is 352 g/mol. The van der Waals surface area contributed by atoms with E-state index in [2.05, 4.69) is 17.2 Å². The molecule has 2 amide bonds. The van der Waals surface area contributed by atoms with E-state index in [-0.39, 0.29) is 11.8 Å². The summed E-state index contributed by atoms with van der Waals surface area (Å²) < 4.78 is 5.79. The van der Waals surface area contributed by atoms with Crippen LogP contribution in [0.25, 0.3) is 0 Å². The zero-order chi connectivity index (χ0) is 18.9. The molecule has 2 aromatic rings. The van der Waals surface area contributed by atoms with E-state index in [9.17, 15) is 9.59 Å². The summed E-state index contributed by atoms with van der Waals surface area (Å²) in [6.45, 7) is 7.80. The lowest BCUT2D eigenvalue weighted by Crippen LogP contribution is -2.33. The second-order valence-corrected chi connectivity index (χ2v) is 5.86. The molecule has 0 fully saturated rings. The third-order valence-corrected chi connectivity index (χ3v) is 3.80. The first kappa shape index (κ1) is 19.2. The normalized spacial score (nSPS) is 11.3. The Hall–Kier alpha value is -3.08. The molecule has 2 rings (SSSR count). The molecule has 0 spiro atoms. The Morgan fingerprint density at radius 2 is 1.85 bits per heavy atom. The van der Waals surface area contributed by atoms with Crippen molar-refractivity contribution in [2.45, 2.75) is 26.4 Å². The molecule has 0 aliphatic rings. The number of ether oxygens (including phenoxy) is 1. The largest absolute Gasteiger partial charge is 0.481 e. The minimum Gasteiger partial charge on any atom is -0.481 e. The van der Waals surface area contributed by atoms with Crippen molar-refractivity contribution in [1.82, 2.24) is 5.32 Å². The molecule has 0 saturated heterocycles. The molecule has 0 aliphatic heterocycles. The van der Waals surface area contributed by atoms with Crippen molar-refractivity contribution in [3.8, 4) is 5.75 Å². The number of para-hydroxylation sites is 1. The van der Waals surface area contributed by atoms with Crippen LogP contribution in [0, 0.1) is 6.92 Å². The molecule has 0 unspecified atom stereocenters. The van der Waals surface area contributed by atoms with Gasteiger partial charge < -0.3 is 15.4 Å². The van der Waals surface area contributed by atoms with Crippen LogP contribution in [0.4, 0.5) is 5.69 Å². The van der Waals surface area contributed by atoms with Crippen molar-refractivity contribution in [3.63, 3.8) is 0 Å². The van der Waals surface area contributed by atoms with E-state index in [1.165, 1.54) is 0 Å². The Bertz CT molecular complexity index is 769. The van der Waals surface area contributed by atoms with Crippen molar-refractivity contribution in [2.24, 2.45) is 0 Å². The van der Waals surface area contributed by atoms with Gasteiger partial charge in [-0.3, -0.25) is 9.59 Å². The van der Waals surface area contributed by atoms with Crippen LogP contribution < -0.4 is 15.4 Å². The quantitative estimate of drug-likeness (QED) is 0.712. The van der Waals surface area contributed by atoms with Crippen LogP contribution in [0.1, 0.15) is 29.3 Å². The van der Waals surface area contributed by atoms with Crippen LogP contribution >= 0.6 is 0 Å². The van der Waals surface area contributed by atoms with Gasteiger partial charge in [0, 0.05) is 6.54 Å². The lowest BCUT2D eigenvalue weighted by molar-refractivity contribution is -0.122. The average Bonchev–Trinajstić information content (AvgIpc) is 2.66. The zero-order valence-electron chi connectivity index (χ0n) is 15.1. The van der Waals surface area contributed by atoms with Gasteiger partial charge in [-0.1, -0.05) is 42.8 Å². The summed E-state index contributed by atoms with van der Waals surface area (Å²) in [5.41, 5.74) is 1.97. The molecule has 0 heterocycles. The highest BCUT2D eigenvalue weighted by atomic mass is 16.5. The van der Waals surface area contributed by atoms with Gasteiger partial charge in [0.15, 0.2) is 6.10 Å². The second-order valence-electron chi connectivity index (χ2n) is 5.86. The lowest BCUT2D eigenvalue weighted by Gasteiger charge is -2.18. The van der Waals surface area contributed by atoms with Gasteiger partial charge in [0.25, 0.3) is 11.8 Å². The fourth-order valence-corrected chi connectivity index (χ4v) is 2.37. The summed E-state index contributed by atoms with van der Waals surface area (Å²) in [5, 5.41) is 5.51. The second kappa shape index (κ2) is 9.42. The van der Waals surface area contributed by atoms with E-state index in [0.29, 0.717) is 30.0 Å². The fourth-order valence-electron chi connectivity index (χ4n) is 2.37. The molecule has 0 saturated carbocycles. The number of rotatable bonds is 8. The SMILES string of the molecule is C=CCNC(=O)c1ccccc1NC(=O)[C@@H](CC)Oc1ccc(C)cc1. The predicted molar refractivity (Wildman–Crippen MR) is 103 cm³/mol. The molecular formula is C21H24N2O3. The Kier molecular flexibility index (Phi) is 6.97. The topological polar surface area (TPSA) is 67.4 Å². The summed E-state index contributed by atoms with van der Waals surface area (Å²) in [7, 11) is 0. The maximum Gasteiger partial charge on any atom is 0.265 e. The Morgan fingerprint density at radius 1 is 1.15 bits per heavy atom. The van der Waals surface area contributed by atoms with E-state index in [1.807, 2.05) is 38.1 Å². The summed E-state index contributed by atoms with van der Waals surface area (Å²) in [6, 6.07) is 14.4. The maximum atomic E-state index is 12.6. The Morgan fingerprint density at radius 3 is 2.50 bits per heavy atom. The standard InChI is InChI=1S/C21H24N2O3/c1-4-14-22-20(24)17-8-6-7-9-18(17)23-21(25)19(5-2)26-16-12-10-15(3)11-13-16/h4,6-13,19H,1,5,14H2,2-3H3,(H,22,24)(H,23,25)/t19-/m1/s1. The highest BCUT2D eigenvalue weighted by molar-refractivity contribution is 6.04. The first-order valence-electron chi connectivity index (χ1n) is 8.57. The van der Waals surface area contributed by atoms with Gasteiger partial charge in [0.2, 0.25) is 0 Å². The molecule has 2 aromatic carbocycles. The number of carbonyl (C=O) groups excluding carboxylic acids is 2. The number of aryl methyl sites for hydroxylation is 1. The zero-order valence-corrected chi connectivity index (χ0v) is 15.1. The van der Waals surface area contributed by atoms with Crippen LogP contribution in [-0.2, 0) is 4.79 Å². The van der Waals surface area contributed by atoms with Gasteiger partial charge in [0.1, 0.15) is 5.75 Å². The molecular weight excluding hydrogens is 328 g/mol. The third kappa shape index (κ3) is 5.21. The highest BCUT2D eigenvalue weighted by Crippen LogP contribution is 2.18. The number of nitrogens with one attached hydrogen (secondary N) is 2. The van der Waals surface area contributed by atoms with E-state index in [4.69, 9.17) is 4.74 Å². The van der Waals surface area contributed by atoms with Crippen molar-refractivity contribution in [3.05, 3.63) is 72.3 Å². The fraction of sp³-hybridized carbons (Fsp3) is 0.238. The van der Waals surface area contributed by atoms with Gasteiger partial charge in [-0.15, -0.1) is 6.58 Å². The van der Waals surface area contributed by atoms with Crippen LogP contribution in [0.15, 0.2) is 61.2 Å². The predicted octanol–water partition coefficient (Wildman–Crippen LogP) is 3.71. The van der Waals surface area contributed by atoms with Crippen LogP contribution in [0.2, 0.25) is 0 Å². The molecule has 0 aliphatic carbocycles. The number of hydrogen-bond acceptors (Lipinski definition) is 3. The molecule has 0 bridgehead atoms. The molecule has 5 nitrogen and oxygen atoms in total. The van der Waals surface area contributed by atoms with Crippen molar-refractivity contribution in [2.75, 3.05) is 11.9 Å². The number of anilines is 1. The van der Waals surface area contributed by atoms with Crippen molar-refractivity contribution in [1.29, 1.82) is 0 Å². The number of amides is 2. The third-order valence-electron chi connectivity index (χ3n) is 3.80. The number of hydrogen-bond donors (Lipinski definition) is 2. The van der Waals surface area contributed by atoms with Crippen molar-refractivity contribution >= 4 is 17.5 Å². The van der Waals surface area contributed by atoms with E-state index in [0.717, 1.165) is 5.56 Å². The number of carbonyl (C=O) groups is 2. The molecule has 5 heteroatoms. The van der Waals surface area contributed by atoms with Crippen LogP contribution in [0.5, 0.6) is 5.75 Å². The lowest BCUT2D eigenvalue weighted by atomic mass is 10.1. The summed E-state index contributed by atoms with van der Waals surface area (Å²) in [4.78, 5) is 24.8. The van der Waals surface area contributed by atoms with Gasteiger partial charge >= 0.3 is 0 Å². The molecule has 136 valence electrons. The van der Waals surface area contributed by atoms with Crippen LogP contribution in [-0.4, -0.2) is 24.5 Å².